The van der Waals surface area contributed by atoms with Gasteiger partial charge < -0.3 is 10.2 Å². The summed E-state index contributed by atoms with van der Waals surface area (Å²) in [6.45, 7) is 5.36. The summed E-state index contributed by atoms with van der Waals surface area (Å²) in [7, 11) is 0. The highest BCUT2D eigenvalue weighted by Gasteiger charge is 2.32. The lowest BCUT2D eigenvalue weighted by Gasteiger charge is -2.31. The highest BCUT2D eigenvalue weighted by molar-refractivity contribution is 5.76. The third-order valence-corrected chi connectivity index (χ3v) is 3.76. The van der Waals surface area contributed by atoms with Crippen molar-refractivity contribution in [3.63, 3.8) is 0 Å². The van der Waals surface area contributed by atoms with Gasteiger partial charge in [0.2, 0.25) is 5.91 Å². The Hall–Kier alpha value is -0.570. The summed E-state index contributed by atoms with van der Waals surface area (Å²) in [5.74, 6) is 0.888. The van der Waals surface area contributed by atoms with Crippen molar-refractivity contribution in [2.45, 2.75) is 51.5 Å². The number of hydrogen-bond acceptors (Lipinski definition) is 2. The Morgan fingerprint density at radius 3 is 2.50 bits per heavy atom. The Labute approximate surface area is 98.6 Å². The molecule has 0 bridgehead atoms. The quantitative estimate of drug-likeness (QED) is 0.772. The van der Waals surface area contributed by atoms with Crippen LogP contribution in [0.1, 0.15) is 45.4 Å². The molecule has 2 fully saturated rings. The average molecular weight is 224 g/mol. The molecule has 1 saturated heterocycles. The van der Waals surface area contributed by atoms with Gasteiger partial charge in [0.15, 0.2) is 0 Å². The van der Waals surface area contributed by atoms with Crippen LogP contribution in [0.3, 0.4) is 0 Å². The van der Waals surface area contributed by atoms with E-state index in [1.54, 1.807) is 0 Å². The molecule has 0 unspecified atom stereocenters. The zero-order chi connectivity index (χ0) is 11.4. The van der Waals surface area contributed by atoms with Crippen LogP contribution < -0.4 is 5.32 Å². The first-order valence-electron chi connectivity index (χ1n) is 6.80. The number of nitrogens with one attached hydrogen (secondary N) is 1. The van der Waals surface area contributed by atoms with Crippen molar-refractivity contribution >= 4 is 5.91 Å². The molecule has 0 spiro atoms. The number of amides is 1. The predicted molar refractivity (Wildman–Crippen MR) is 65.2 cm³/mol. The molecule has 1 aliphatic carbocycles. The lowest BCUT2D eigenvalue weighted by molar-refractivity contribution is -0.122. The van der Waals surface area contributed by atoms with Gasteiger partial charge in [0.25, 0.3) is 0 Å². The predicted octanol–water partition coefficient (Wildman–Crippen LogP) is 1.78. The van der Waals surface area contributed by atoms with Crippen molar-refractivity contribution in [3.05, 3.63) is 0 Å². The van der Waals surface area contributed by atoms with Crippen molar-refractivity contribution < 1.29 is 4.79 Å². The molecule has 3 nitrogen and oxygen atoms in total. The van der Waals surface area contributed by atoms with Crippen LogP contribution in [0.15, 0.2) is 0 Å². The molecule has 1 amide bonds. The number of rotatable bonds is 5. The van der Waals surface area contributed by atoms with Gasteiger partial charge in [-0.3, -0.25) is 4.79 Å². The smallest absolute Gasteiger partial charge is 0.220 e. The molecule has 2 aliphatic rings. The first-order chi connectivity index (χ1) is 7.79. The minimum Gasteiger partial charge on any atom is -0.356 e. The maximum absolute atomic E-state index is 11.6. The number of piperidine rings is 1. The standard InChI is InChI=1S/C13H24N2O/c1-2-7-14-13(16)10-11-5-8-15(9-6-11)12-3-4-12/h11-12H,2-10H2,1H3,(H,14,16). The number of carbonyl (C=O) groups excluding carboxylic acids is 1. The molecule has 0 aromatic heterocycles. The highest BCUT2D eigenvalue weighted by Crippen LogP contribution is 2.31. The van der Waals surface area contributed by atoms with Crippen LogP contribution >= 0.6 is 0 Å². The van der Waals surface area contributed by atoms with Crippen molar-refractivity contribution in [1.82, 2.24) is 10.2 Å². The van der Waals surface area contributed by atoms with Gasteiger partial charge in [-0.05, 0) is 51.1 Å². The molecule has 1 saturated carbocycles. The normalized spacial score (nSPS) is 23.3. The molecule has 0 atom stereocenters. The molecule has 0 aromatic carbocycles. The largest absolute Gasteiger partial charge is 0.356 e. The van der Waals surface area contributed by atoms with Crippen LogP contribution in [0.5, 0.6) is 0 Å². The summed E-state index contributed by atoms with van der Waals surface area (Å²) in [6, 6.07) is 0.898. The fourth-order valence-corrected chi connectivity index (χ4v) is 2.56. The maximum atomic E-state index is 11.6. The molecule has 1 heterocycles. The fourth-order valence-electron chi connectivity index (χ4n) is 2.56. The van der Waals surface area contributed by atoms with E-state index in [1.807, 2.05) is 0 Å². The first kappa shape index (κ1) is 11.9. The molecule has 1 aliphatic heterocycles. The van der Waals surface area contributed by atoms with Gasteiger partial charge in [-0.1, -0.05) is 6.92 Å². The third-order valence-electron chi connectivity index (χ3n) is 3.76. The van der Waals surface area contributed by atoms with Gasteiger partial charge in [-0.15, -0.1) is 0 Å². The van der Waals surface area contributed by atoms with Gasteiger partial charge in [0.05, 0.1) is 0 Å². The van der Waals surface area contributed by atoms with Crippen LogP contribution in [-0.4, -0.2) is 36.5 Å². The molecular formula is C13H24N2O. The summed E-state index contributed by atoms with van der Waals surface area (Å²) in [5, 5.41) is 2.97. The SMILES string of the molecule is CCCNC(=O)CC1CCN(C2CC2)CC1. The van der Waals surface area contributed by atoms with Gasteiger partial charge in [0.1, 0.15) is 0 Å². The van der Waals surface area contributed by atoms with Gasteiger partial charge in [0, 0.05) is 19.0 Å². The van der Waals surface area contributed by atoms with Crippen LogP contribution in [0, 0.1) is 5.92 Å². The van der Waals surface area contributed by atoms with E-state index in [1.165, 1.54) is 38.8 Å². The maximum Gasteiger partial charge on any atom is 0.220 e. The minimum absolute atomic E-state index is 0.256. The van der Waals surface area contributed by atoms with Crippen molar-refractivity contribution in [3.8, 4) is 0 Å². The number of likely N-dealkylation sites (tertiary alicyclic amines) is 1. The molecule has 3 heteroatoms. The van der Waals surface area contributed by atoms with E-state index in [9.17, 15) is 4.79 Å². The molecule has 2 rings (SSSR count). The topological polar surface area (TPSA) is 32.3 Å². The van der Waals surface area contributed by atoms with Crippen LogP contribution in [0.25, 0.3) is 0 Å². The molecule has 1 N–H and O–H groups in total. The number of carbonyl (C=O) groups is 1. The number of hydrogen-bond donors (Lipinski definition) is 1. The Balaban J connectivity index is 1.62. The first-order valence-corrected chi connectivity index (χ1v) is 6.80. The van der Waals surface area contributed by atoms with Gasteiger partial charge in [-0.25, -0.2) is 0 Å². The third kappa shape index (κ3) is 3.48. The van der Waals surface area contributed by atoms with Crippen LogP contribution in [-0.2, 0) is 4.79 Å². The Bertz CT molecular complexity index is 230. The summed E-state index contributed by atoms with van der Waals surface area (Å²) >= 11 is 0. The van der Waals surface area contributed by atoms with E-state index in [2.05, 4.69) is 17.1 Å². The second kappa shape index (κ2) is 5.67. The van der Waals surface area contributed by atoms with E-state index < -0.39 is 0 Å². The summed E-state index contributed by atoms with van der Waals surface area (Å²) < 4.78 is 0. The molecule has 0 aromatic rings. The van der Waals surface area contributed by atoms with Gasteiger partial charge >= 0.3 is 0 Å². The minimum atomic E-state index is 0.256. The van der Waals surface area contributed by atoms with Gasteiger partial charge in [-0.2, -0.15) is 0 Å². The second-order valence-electron chi connectivity index (χ2n) is 5.26. The second-order valence-corrected chi connectivity index (χ2v) is 5.26. The lowest BCUT2D eigenvalue weighted by Crippen LogP contribution is -2.37. The lowest BCUT2D eigenvalue weighted by atomic mass is 9.93. The zero-order valence-corrected chi connectivity index (χ0v) is 10.4. The van der Waals surface area contributed by atoms with E-state index in [-0.39, 0.29) is 5.91 Å². The summed E-state index contributed by atoms with van der Waals surface area (Å²) in [4.78, 5) is 14.2. The van der Waals surface area contributed by atoms with E-state index >= 15 is 0 Å². The Kier molecular flexibility index (Phi) is 4.22. The van der Waals surface area contributed by atoms with E-state index in [0.29, 0.717) is 5.92 Å². The van der Waals surface area contributed by atoms with Crippen LogP contribution in [0.4, 0.5) is 0 Å². The van der Waals surface area contributed by atoms with E-state index in [4.69, 9.17) is 0 Å². The Morgan fingerprint density at radius 2 is 1.94 bits per heavy atom. The van der Waals surface area contributed by atoms with Crippen molar-refractivity contribution in [2.75, 3.05) is 19.6 Å². The van der Waals surface area contributed by atoms with Crippen molar-refractivity contribution in [2.24, 2.45) is 5.92 Å². The molecule has 16 heavy (non-hydrogen) atoms. The molecular weight excluding hydrogens is 200 g/mol. The molecule has 92 valence electrons. The summed E-state index contributed by atoms with van der Waals surface area (Å²) in [5.41, 5.74) is 0. The average Bonchev–Trinajstić information content (AvgIpc) is 3.11. The highest BCUT2D eigenvalue weighted by atomic mass is 16.1. The summed E-state index contributed by atoms with van der Waals surface area (Å²) in [6.07, 6.45) is 7.03. The van der Waals surface area contributed by atoms with Crippen molar-refractivity contribution in [1.29, 1.82) is 0 Å². The Morgan fingerprint density at radius 1 is 1.25 bits per heavy atom. The number of nitrogens with zero attached hydrogens (tertiary/aromatic N) is 1. The zero-order valence-electron chi connectivity index (χ0n) is 10.4. The molecule has 0 radical (unpaired) electrons. The van der Waals surface area contributed by atoms with Crippen LogP contribution in [0.2, 0.25) is 0 Å². The monoisotopic (exact) mass is 224 g/mol. The fraction of sp³-hybridized carbons (Fsp3) is 0.923. The van der Waals surface area contributed by atoms with E-state index in [0.717, 1.165) is 25.4 Å².